The second kappa shape index (κ2) is 10.9. The fourth-order valence-corrected chi connectivity index (χ4v) is 4.47. The fourth-order valence-electron chi connectivity index (χ4n) is 4.06. The number of fused-ring (bicyclic) bond motifs is 1. The lowest BCUT2D eigenvalue weighted by atomic mass is 9.73. The van der Waals surface area contributed by atoms with Gasteiger partial charge in [0.1, 0.15) is 0 Å². The highest BCUT2D eigenvalue weighted by Crippen LogP contribution is 2.39. The normalized spacial score (nSPS) is 19.2. The van der Waals surface area contributed by atoms with Crippen molar-refractivity contribution in [3.63, 3.8) is 0 Å². The number of aryl methyl sites for hydroxylation is 2. The molecule has 1 aromatic rings. The third-order valence-corrected chi connectivity index (χ3v) is 6.39. The number of aliphatic hydroxyl groups excluding tert-OH is 1. The van der Waals surface area contributed by atoms with Crippen molar-refractivity contribution in [1.29, 1.82) is 0 Å². The van der Waals surface area contributed by atoms with Gasteiger partial charge in [-0.05, 0) is 54.7 Å². The van der Waals surface area contributed by atoms with Crippen molar-refractivity contribution in [3.8, 4) is 0 Å². The van der Waals surface area contributed by atoms with E-state index in [1.165, 1.54) is 55.2 Å². The predicted octanol–water partition coefficient (Wildman–Crippen LogP) is 3.49. The first-order valence-electron chi connectivity index (χ1n) is 10.5. The van der Waals surface area contributed by atoms with E-state index in [4.69, 9.17) is 15.5 Å². The van der Waals surface area contributed by atoms with Crippen molar-refractivity contribution < 1.29 is 24.0 Å². The Morgan fingerprint density at radius 2 is 1.89 bits per heavy atom. The minimum absolute atomic E-state index is 0.0824. The molecule has 7 heteroatoms. The van der Waals surface area contributed by atoms with Crippen LogP contribution >= 0.6 is 7.82 Å². The second-order valence-corrected chi connectivity index (χ2v) is 9.46. The van der Waals surface area contributed by atoms with Crippen LogP contribution in [0.1, 0.15) is 68.6 Å². The van der Waals surface area contributed by atoms with E-state index in [0.29, 0.717) is 6.42 Å². The van der Waals surface area contributed by atoms with Crippen LogP contribution in [-0.2, 0) is 28.4 Å². The Balaban J connectivity index is 1.91. The van der Waals surface area contributed by atoms with Gasteiger partial charge in [-0.2, -0.15) is 0 Å². The molecule has 0 saturated heterocycles. The molecular formula is C21H36NO5P. The van der Waals surface area contributed by atoms with Crippen molar-refractivity contribution in [3.05, 3.63) is 34.9 Å². The average Bonchev–Trinajstić information content (AvgIpc) is 2.67. The summed E-state index contributed by atoms with van der Waals surface area (Å²) in [4.78, 5) is 17.9. The Morgan fingerprint density at radius 1 is 1.18 bits per heavy atom. The van der Waals surface area contributed by atoms with Crippen LogP contribution in [0.2, 0.25) is 0 Å². The number of rotatable bonds is 12. The van der Waals surface area contributed by atoms with Crippen LogP contribution in [0.3, 0.4) is 0 Å². The molecule has 1 aliphatic rings. The lowest BCUT2D eigenvalue weighted by molar-refractivity contribution is 0.0635. The van der Waals surface area contributed by atoms with E-state index < -0.39 is 13.4 Å². The van der Waals surface area contributed by atoms with E-state index in [0.717, 1.165) is 19.3 Å². The third-order valence-electron chi connectivity index (χ3n) is 5.93. The molecule has 0 aliphatic heterocycles. The van der Waals surface area contributed by atoms with E-state index >= 15 is 0 Å². The summed E-state index contributed by atoms with van der Waals surface area (Å²) in [6.07, 6.45) is 11.2. The van der Waals surface area contributed by atoms with Crippen LogP contribution in [-0.4, -0.2) is 33.6 Å². The van der Waals surface area contributed by atoms with Gasteiger partial charge < -0.3 is 20.6 Å². The Bertz CT molecular complexity index is 662. The average molecular weight is 413 g/mol. The topological polar surface area (TPSA) is 113 Å². The highest BCUT2D eigenvalue weighted by molar-refractivity contribution is 7.46. The number of hydrogen-bond acceptors (Lipinski definition) is 4. The van der Waals surface area contributed by atoms with E-state index in [2.05, 4.69) is 29.6 Å². The van der Waals surface area contributed by atoms with E-state index in [1.807, 2.05) is 0 Å². The molecule has 0 aromatic heterocycles. The molecule has 0 radical (unpaired) electrons. The highest BCUT2D eigenvalue weighted by atomic mass is 31.2. The van der Waals surface area contributed by atoms with Crippen molar-refractivity contribution in [2.24, 2.45) is 11.7 Å². The number of hydrogen-bond donors (Lipinski definition) is 4. The Morgan fingerprint density at radius 3 is 2.57 bits per heavy atom. The van der Waals surface area contributed by atoms with Gasteiger partial charge >= 0.3 is 7.82 Å². The molecule has 0 saturated carbocycles. The van der Waals surface area contributed by atoms with Gasteiger partial charge in [0.15, 0.2) is 0 Å². The molecule has 1 aromatic carbocycles. The van der Waals surface area contributed by atoms with Gasteiger partial charge in [0.2, 0.25) is 0 Å². The zero-order valence-electron chi connectivity index (χ0n) is 17.0. The van der Waals surface area contributed by atoms with E-state index in [1.54, 1.807) is 0 Å². The Kier molecular flexibility index (Phi) is 9.13. The fraction of sp³-hybridized carbons (Fsp3) is 0.714. The molecule has 1 aliphatic carbocycles. The number of phosphoric ester groups is 1. The van der Waals surface area contributed by atoms with Crippen molar-refractivity contribution >= 4 is 7.82 Å². The van der Waals surface area contributed by atoms with Gasteiger partial charge in [-0.1, -0.05) is 57.2 Å². The van der Waals surface area contributed by atoms with Gasteiger partial charge in [-0.15, -0.1) is 0 Å². The summed E-state index contributed by atoms with van der Waals surface area (Å²) < 4.78 is 15.6. The minimum atomic E-state index is -4.61. The number of phosphoric acid groups is 1. The summed E-state index contributed by atoms with van der Waals surface area (Å²) in [6.45, 7) is 1.50. The summed E-state index contributed by atoms with van der Waals surface area (Å²) in [7, 11) is -4.61. The minimum Gasteiger partial charge on any atom is -0.394 e. The standard InChI is InChI=1S/C21H36NO5P/c1-2-3-4-5-6-7-8-17-9-10-19-14-20(12-11-18(19)13-17)21(22,15-23)16-27-28(24,25)26/h9-10,13,20,23H,2-8,11-12,14-16,22H2,1H3,(H2,24,25,26)/t20-,21?/m0/s1. The third kappa shape index (κ3) is 7.25. The van der Waals surface area contributed by atoms with Gasteiger partial charge in [0.25, 0.3) is 0 Å². The smallest absolute Gasteiger partial charge is 0.394 e. The maximum atomic E-state index is 11.0. The molecule has 2 rings (SSSR count). The Labute approximate surface area is 168 Å². The first-order chi connectivity index (χ1) is 13.3. The van der Waals surface area contributed by atoms with E-state index in [9.17, 15) is 9.67 Å². The zero-order chi connectivity index (χ0) is 20.6. The van der Waals surface area contributed by atoms with Crippen LogP contribution in [0.5, 0.6) is 0 Å². The van der Waals surface area contributed by atoms with Crippen molar-refractivity contribution in [2.75, 3.05) is 13.2 Å². The van der Waals surface area contributed by atoms with Crippen LogP contribution in [0.15, 0.2) is 18.2 Å². The zero-order valence-corrected chi connectivity index (χ0v) is 17.9. The summed E-state index contributed by atoms with van der Waals surface area (Å²) in [6, 6.07) is 6.62. The van der Waals surface area contributed by atoms with Crippen molar-refractivity contribution in [1.82, 2.24) is 0 Å². The molecule has 0 fully saturated rings. The molecule has 5 N–H and O–H groups in total. The summed E-state index contributed by atoms with van der Waals surface area (Å²) >= 11 is 0. The second-order valence-electron chi connectivity index (χ2n) is 8.22. The molecule has 0 amide bonds. The summed E-state index contributed by atoms with van der Waals surface area (Å²) in [5.41, 5.74) is 9.02. The van der Waals surface area contributed by atoms with Gasteiger partial charge in [-0.25, -0.2) is 4.57 Å². The lowest BCUT2D eigenvalue weighted by Crippen LogP contribution is -2.55. The van der Waals surface area contributed by atoms with Crippen LogP contribution < -0.4 is 5.73 Å². The quantitative estimate of drug-likeness (QED) is 0.308. The number of unbranched alkanes of at least 4 members (excludes halogenated alkanes) is 5. The van der Waals surface area contributed by atoms with E-state index in [-0.39, 0.29) is 19.1 Å². The lowest BCUT2D eigenvalue weighted by Gasteiger charge is -2.38. The molecule has 0 spiro atoms. The Hall–Kier alpha value is -0.750. The van der Waals surface area contributed by atoms with Crippen LogP contribution in [0.4, 0.5) is 0 Å². The molecule has 2 atom stereocenters. The number of aliphatic hydroxyl groups is 1. The van der Waals surface area contributed by atoms with Gasteiger partial charge in [-0.3, -0.25) is 4.52 Å². The van der Waals surface area contributed by atoms with Crippen LogP contribution in [0, 0.1) is 5.92 Å². The van der Waals surface area contributed by atoms with Gasteiger partial charge in [0.05, 0.1) is 18.8 Å². The monoisotopic (exact) mass is 413 g/mol. The predicted molar refractivity (Wildman–Crippen MR) is 111 cm³/mol. The number of nitrogens with two attached hydrogens (primary N) is 1. The maximum Gasteiger partial charge on any atom is 0.469 e. The molecule has 1 unspecified atom stereocenters. The summed E-state index contributed by atoms with van der Waals surface area (Å²) in [5.74, 6) is -0.0824. The largest absolute Gasteiger partial charge is 0.469 e. The summed E-state index contributed by atoms with van der Waals surface area (Å²) in [5, 5.41) is 9.74. The van der Waals surface area contributed by atoms with Gasteiger partial charge in [0, 0.05) is 0 Å². The van der Waals surface area contributed by atoms with Crippen molar-refractivity contribution in [2.45, 2.75) is 76.7 Å². The maximum absolute atomic E-state index is 11.0. The highest BCUT2D eigenvalue weighted by Gasteiger charge is 2.38. The first kappa shape index (κ1) is 23.5. The molecule has 0 heterocycles. The SMILES string of the molecule is CCCCCCCCc1ccc2c(c1)CC[C@H](C(N)(CO)COP(=O)(O)O)C2. The molecule has 160 valence electrons. The number of benzene rings is 1. The molecule has 6 nitrogen and oxygen atoms in total. The first-order valence-corrected chi connectivity index (χ1v) is 12.0. The molecular weight excluding hydrogens is 377 g/mol. The molecule has 0 bridgehead atoms. The van der Waals surface area contributed by atoms with Crippen LogP contribution in [0.25, 0.3) is 0 Å². The molecule has 28 heavy (non-hydrogen) atoms.